The van der Waals surface area contributed by atoms with Gasteiger partial charge in [0.1, 0.15) is 12.7 Å². The molecule has 1 saturated heterocycles. The third kappa shape index (κ3) is 4.74. The predicted octanol–water partition coefficient (Wildman–Crippen LogP) is 3.04. The highest BCUT2D eigenvalue weighted by atomic mass is 16.2. The second-order valence-corrected chi connectivity index (χ2v) is 8.67. The van der Waals surface area contributed by atoms with Gasteiger partial charge in [0.25, 0.3) is 5.91 Å². The summed E-state index contributed by atoms with van der Waals surface area (Å²) in [5.41, 5.74) is 3.56. The van der Waals surface area contributed by atoms with Gasteiger partial charge in [-0.25, -0.2) is 9.97 Å². The normalized spacial score (nSPS) is 14.6. The fourth-order valence-electron chi connectivity index (χ4n) is 4.58. The summed E-state index contributed by atoms with van der Waals surface area (Å²) in [7, 11) is 2.19. The smallest absolute Gasteiger partial charge is 0.253 e. The molecular formula is C25H28N8O. The lowest BCUT2D eigenvalue weighted by Crippen LogP contribution is -2.46. The lowest BCUT2D eigenvalue weighted by molar-refractivity contribution is 0.0647. The highest BCUT2D eigenvalue weighted by molar-refractivity contribution is 5.97. The van der Waals surface area contributed by atoms with Crippen LogP contribution in [0.4, 0.5) is 0 Å². The van der Waals surface area contributed by atoms with Crippen LogP contribution in [-0.2, 0) is 6.42 Å². The molecule has 2 aromatic heterocycles. The third-order valence-electron chi connectivity index (χ3n) is 6.58. The molecule has 9 heteroatoms. The van der Waals surface area contributed by atoms with E-state index in [9.17, 15) is 4.79 Å². The van der Waals surface area contributed by atoms with Crippen molar-refractivity contribution in [1.82, 2.24) is 40.2 Å². The molecule has 9 nitrogen and oxygen atoms in total. The summed E-state index contributed by atoms with van der Waals surface area (Å²) < 4.78 is 0. The minimum absolute atomic E-state index is 0.0373. The standard InChI is InChI=1S/C25H28N8O/c1-32(12-9-18-5-3-2-4-6-18)20-10-13-33(14-11-20)25(34)19-7-8-21(23-26-16-28-30-23)22(15-19)24-27-17-29-31-24/h2-8,15-17,20H,9-14H2,1H3,(H,26,28,30)(H,27,29,31). The van der Waals surface area contributed by atoms with Crippen LogP contribution in [0.1, 0.15) is 28.8 Å². The number of rotatable bonds is 7. The molecule has 174 valence electrons. The van der Waals surface area contributed by atoms with E-state index in [2.05, 4.69) is 72.6 Å². The maximum Gasteiger partial charge on any atom is 0.253 e. The lowest BCUT2D eigenvalue weighted by atomic mass is 9.99. The van der Waals surface area contributed by atoms with Crippen LogP contribution in [0.25, 0.3) is 22.8 Å². The van der Waals surface area contributed by atoms with Crippen molar-refractivity contribution < 1.29 is 4.79 Å². The van der Waals surface area contributed by atoms with Gasteiger partial charge in [0.05, 0.1) is 0 Å². The predicted molar refractivity (Wildman–Crippen MR) is 129 cm³/mol. The monoisotopic (exact) mass is 456 g/mol. The molecule has 1 aliphatic heterocycles. The number of nitrogens with one attached hydrogen (secondary N) is 2. The maximum atomic E-state index is 13.3. The van der Waals surface area contributed by atoms with Gasteiger partial charge in [0.2, 0.25) is 0 Å². The zero-order valence-corrected chi connectivity index (χ0v) is 19.2. The third-order valence-corrected chi connectivity index (χ3v) is 6.58. The van der Waals surface area contributed by atoms with Crippen molar-refractivity contribution >= 4 is 5.91 Å². The molecule has 0 atom stereocenters. The number of carbonyl (C=O) groups excluding carboxylic acids is 1. The molecule has 0 unspecified atom stereocenters. The summed E-state index contributed by atoms with van der Waals surface area (Å²) in [6.07, 6.45) is 5.90. The molecule has 3 heterocycles. The van der Waals surface area contributed by atoms with Crippen LogP contribution in [0.15, 0.2) is 61.2 Å². The van der Waals surface area contributed by atoms with E-state index in [-0.39, 0.29) is 5.91 Å². The van der Waals surface area contributed by atoms with Gasteiger partial charge in [-0.3, -0.25) is 15.0 Å². The number of benzene rings is 2. The van der Waals surface area contributed by atoms with Gasteiger partial charge in [-0.1, -0.05) is 30.3 Å². The SMILES string of the molecule is CN(CCc1ccccc1)C1CCN(C(=O)c2ccc(-c3ncn[nH]3)c(-c3ncn[nH]3)c2)CC1. The minimum Gasteiger partial charge on any atom is -0.339 e. The van der Waals surface area contributed by atoms with Crippen molar-refractivity contribution in [2.24, 2.45) is 0 Å². The fraction of sp³-hybridized carbons (Fsp3) is 0.320. The van der Waals surface area contributed by atoms with E-state index in [4.69, 9.17) is 0 Å². The molecule has 4 aromatic rings. The highest BCUT2D eigenvalue weighted by Crippen LogP contribution is 2.29. The van der Waals surface area contributed by atoms with Gasteiger partial charge in [-0.15, -0.1) is 0 Å². The van der Waals surface area contributed by atoms with Crippen molar-refractivity contribution in [3.63, 3.8) is 0 Å². The van der Waals surface area contributed by atoms with E-state index in [1.807, 2.05) is 23.1 Å². The Morgan fingerprint density at radius 3 is 2.29 bits per heavy atom. The average molecular weight is 457 g/mol. The molecule has 0 aliphatic carbocycles. The Kier molecular flexibility index (Phi) is 6.44. The number of aromatic amines is 2. The molecule has 0 saturated carbocycles. The number of hydrogen-bond acceptors (Lipinski definition) is 6. The Balaban J connectivity index is 1.24. The molecule has 2 N–H and O–H groups in total. The summed E-state index contributed by atoms with van der Waals surface area (Å²) >= 11 is 0. The van der Waals surface area contributed by atoms with Gasteiger partial charge in [0.15, 0.2) is 11.6 Å². The first-order chi connectivity index (χ1) is 16.7. The van der Waals surface area contributed by atoms with Crippen LogP contribution >= 0.6 is 0 Å². The van der Waals surface area contributed by atoms with E-state index in [1.54, 1.807) is 0 Å². The summed E-state index contributed by atoms with van der Waals surface area (Å²) in [6.45, 7) is 2.52. The molecule has 5 rings (SSSR count). The second kappa shape index (κ2) is 9.96. The van der Waals surface area contributed by atoms with E-state index < -0.39 is 0 Å². The Morgan fingerprint density at radius 1 is 0.971 bits per heavy atom. The lowest BCUT2D eigenvalue weighted by Gasteiger charge is -2.37. The number of carbonyl (C=O) groups is 1. The highest BCUT2D eigenvalue weighted by Gasteiger charge is 2.26. The van der Waals surface area contributed by atoms with E-state index in [1.165, 1.54) is 18.2 Å². The van der Waals surface area contributed by atoms with Crippen molar-refractivity contribution in [2.45, 2.75) is 25.3 Å². The van der Waals surface area contributed by atoms with Crippen LogP contribution in [0.3, 0.4) is 0 Å². The number of hydrogen-bond donors (Lipinski definition) is 2. The molecule has 2 aromatic carbocycles. The maximum absolute atomic E-state index is 13.3. The molecule has 1 aliphatic rings. The van der Waals surface area contributed by atoms with Gasteiger partial charge in [-0.2, -0.15) is 10.2 Å². The van der Waals surface area contributed by atoms with Crippen LogP contribution in [0, 0.1) is 0 Å². The molecule has 0 radical (unpaired) electrons. The molecule has 34 heavy (non-hydrogen) atoms. The van der Waals surface area contributed by atoms with E-state index in [0.717, 1.165) is 50.0 Å². The molecule has 1 amide bonds. The second-order valence-electron chi connectivity index (χ2n) is 8.67. The van der Waals surface area contributed by atoms with Crippen molar-refractivity contribution in [1.29, 1.82) is 0 Å². The molecular weight excluding hydrogens is 428 g/mol. The first-order valence-electron chi connectivity index (χ1n) is 11.6. The van der Waals surface area contributed by atoms with Gasteiger partial charge in [0, 0.05) is 42.4 Å². The zero-order chi connectivity index (χ0) is 23.3. The average Bonchev–Trinajstić information content (AvgIpc) is 3.62. The van der Waals surface area contributed by atoms with Crippen LogP contribution < -0.4 is 0 Å². The number of likely N-dealkylation sites (tertiary alicyclic amines) is 1. The number of amides is 1. The Bertz CT molecular complexity index is 1200. The van der Waals surface area contributed by atoms with Crippen LogP contribution in [0.5, 0.6) is 0 Å². The van der Waals surface area contributed by atoms with Crippen molar-refractivity contribution in [2.75, 3.05) is 26.7 Å². The van der Waals surface area contributed by atoms with Gasteiger partial charge in [-0.05, 0) is 50.1 Å². The Hall–Kier alpha value is -3.85. The topological polar surface area (TPSA) is 107 Å². The summed E-state index contributed by atoms with van der Waals surface area (Å²) in [5, 5.41) is 13.7. The van der Waals surface area contributed by atoms with Crippen molar-refractivity contribution in [3.8, 4) is 22.8 Å². The minimum atomic E-state index is 0.0373. The number of piperidine rings is 1. The number of aromatic nitrogens is 6. The van der Waals surface area contributed by atoms with Crippen LogP contribution in [0.2, 0.25) is 0 Å². The number of likely N-dealkylation sites (N-methyl/N-ethyl adjacent to an activating group) is 1. The molecule has 1 fully saturated rings. The summed E-state index contributed by atoms with van der Waals surface area (Å²) in [5.74, 6) is 1.24. The van der Waals surface area contributed by atoms with Crippen molar-refractivity contribution in [3.05, 3.63) is 72.3 Å². The zero-order valence-electron chi connectivity index (χ0n) is 19.2. The summed E-state index contributed by atoms with van der Waals surface area (Å²) in [6, 6.07) is 16.7. The first-order valence-corrected chi connectivity index (χ1v) is 11.6. The molecule has 0 bridgehead atoms. The van der Waals surface area contributed by atoms with E-state index in [0.29, 0.717) is 23.3 Å². The Labute approximate surface area is 198 Å². The fourth-order valence-corrected chi connectivity index (χ4v) is 4.58. The number of nitrogens with zero attached hydrogens (tertiary/aromatic N) is 6. The van der Waals surface area contributed by atoms with E-state index >= 15 is 0 Å². The van der Waals surface area contributed by atoms with Crippen LogP contribution in [-0.4, -0.2) is 78.8 Å². The first kappa shape index (κ1) is 22.0. The Morgan fingerprint density at radius 2 is 1.65 bits per heavy atom. The largest absolute Gasteiger partial charge is 0.339 e. The van der Waals surface area contributed by atoms with Gasteiger partial charge >= 0.3 is 0 Å². The van der Waals surface area contributed by atoms with Gasteiger partial charge < -0.3 is 9.80 Å². The summed E-state index contributed by atoms with van der Waals surface area (Å²) in [4.78, 5) is 26.3. The number of H-pyrrole nitrogens is 2. The quantitative estimate of drug-likeness (QED) is 0.443. The molecule has 0 spiro atoms.